The van der Waals surface area contributed by atoms with Crippen LogP contribution in [0.1, 0.15) is 17.0 Å². The fourth-order valence-corrected chi connectivity index (χ4v) is 1.44. The number of rotatable bonds is 3. The van der Waals surface area contributed by atoms with Crippen LogP contribution in [0.5, 0.6) is 5.88 Å². The number of aryl methyl sites for hydroxylation is 2. The van der Waals surface area contributed by atoms with Gasteiger partial charge in [-0.05, 0) is 35.3 Å². The Morgan fingerprint density at radius 1 is 1.38 bits per heavy atom. The molecule has 2 heterocycles. The highest BCUT2D eigenvalue weighted by molar-refractivity contribution is 9.10. The Morgan fingerprint density at radius 2 is 2.19 bits per heavy atom. The van der Waals surface area contributed by atoms with Crippen molar-refractivity contribution in [1.82, 2.24) is 10.1 Å². The molecule has 0 fully saturated rings. The quantitative estimate of drug-likeness (QED) is 0.868. The van der Waals surface area contributed by atoms with Crippen molar-refractivity contribution in [3.05, 3.63) is 39.8 Å². The number of pyridine rings is 1. The molecule has 0 aliphatic rings. The molecule has 0 aliphatic carbocycles. The van der Waals surface area contributed by atoms with Gasteiger partial charge in [-0.2, -0.15) is 0 Å². The van der Waals surface area contributed by atoms with Gasteiger partial charge in [0, 0.05) is 22.8 Å². The molecule has 0 aromatic carbocycles. The molecule has 0 spiro atoms. The normalized spacial score (nSPS) is 10.4. The monoisotopic (exact) mass is 282 g/mol. The van der Waals surface area contributed by atoms with E-state index in [0.717, 1.165) is 21.5 Å². The molecular weight excluding hydrogens is 272 g/mol. The second-order valence-electron chi connectivity index (χ2n) is 3.49. The zero-order chi connectivity index (χ0) is 11.5. The van der Waals surface area contributed by atoms with Gasteiger partial charge < -0.3 is 9.26 Å². The standard InChI is InChI=1S/C11H11BrN2O2/c1-7-3-11(13-5-10(7)12)15-6-9-4-8(2)16-14-9/h3-5H,6H2,1-2H3. The maximum atomic E-state index is 5.49. The highest BCUT2D eigenvalue weighted by atomic mass is 79.9. The summed E-state index contributed by atoms with van der Waals surface area (Å²) >= 11 is 3.38. The van der Waals surface area contributed by atoms with Gasteiger partial charge in [0.25, 0.3) is 0 Å². The molecule has 2 rings (SSSR count). The molecule has 16 heavy (non-hydrogen) atoms. The van der Waals surface area contributed by atoms with Crippen LogP contribution in [0, 0.1) is 13.8 Å². The second-order valence-corrected chi connectivity index (χ2v) is 4.34. The highest BCUT2D eigenvalue weighted by Crippen LogP contribution is 2.19. The zero-order valence-electron chi connectivity index (χ0n) is 9.03. The van der Waals surface area contributed by atoms with Crippen molar-refractivity contribution in [1.29, 1.82) is 0 Å². The summed E-state index contributed by atoms with van der Waals surface area (Å²) in [5.74, 6) is 1.36. The first kappa shape index (κ1) is 11.1. The van der Waals surface area contributed by atoms with E-state index in [1.807, 2.05) is 26.0 Å². The predicted molar refractivity (Wildman–Crippen MR) is 62.2 cm³/mol. The average Bonchev–Trinajstić information content (AvgIpc) is 2.66. The summed E-state index contributed by atoms with van der Waals surface area (Å²) < 4.78 is 11.4. The van der Waals surface area contributed by atoms with Gasteiger partial charge in [-0.1, -0.05) is 5.16 Å². The number of hydrogen-bond acceptors (Lipinski definition) is 4. The summed E-state index contributed by atoms with van der Waals surface area (Å²) in [5.41, 5.74) is 1.85. The number of aromatic nitrogens is 2. The van der Waals surface area contributed by atoms with Gasteiger partial charge >= 0.3 is 0 Å². The van der Waals surface area contributed by atoms with E-state index in [4.69, 9.17) is 9.26 Å². The molecule has 2 aromatic heterocycles. The van der Waals surface area contributed by atoms with Gasteiger partial charge in [0.1, 0.15) is 18.1 Å². The molecule has 0 aliphatic heterocycles. The Bertz CT molecular complexity index is 496. The summed E-state index contributed by atoms with van der Waals surface area (Å²) in [5, 5.41) is 3.83. The van der Waals surface area contributed by atoms with Crippen molar-refractivity contribution in [2.24, 2.45) is 0 Å². The zero-order valence-corrected chi connectivity index (χ0v) is 10.6. The van der Waals surface area contributed by atoms with Crippen LogP contribution in [0.15, 0.2) is 27.3 Å². The maximum Gasteiger partial charge on any atom is 0.213 e. The average molecular weight is 283 g/mol. The van der Waals surface area contributed by atoms with Crippen LogP contribution < -0.4 is 4.74 Å². The van der Waals surface area contributed by atoms with E-state index in [1.54, 1.807) is 6.20 Å². The molecule has 0 saturated heterocycles. The van der Waals surface area contributed by atoms with E-state index < -0.39 is 0 Å². The Balaban J connectivity index is 2.02. The van der Waals surface area contributed by atoms with Crippen molar-refractivity contribution >= 4 is 15.9 Å². The minimum atomic E-state index is 0.366. The fraction of sp³-hybridized carbons (Fsp3) is 0.273. The number of nitrogens with zero attached hydrogens (tertiary/aromatic N) is 2. The SMILES string of the molecule is Cc1cc(COc2cc(C)c(Br)cn2)no1. The molecule has 0 saturated carbocycles. The molecule has 2 aromatic rings. The van der Waals surface area contributed by atoms with Crippen molar-refractivity contribution < 1.29 is 9.26 Å². The van der Waals surface area contributed by atoms with Gasteiger partial charge in [-0.3, -0.25) is 0 Å². The van der Waals surface area contributed by atoms with Crippen molar-refractivity contribution in [2.45, 2.75) is 20.5 Å². The van der Waals surface area contributed by atoms with E-state index in [-0.39, 0.29) is 0 Å². The summed E-state index contributed by atoms with van der Waals surface area (Å²) in [6, 6.07) is 3.71. The number of ether oxygens (including phenoxy) is 1. The number of halogens is 1. The molecule has 4 nitrogen and oxygen atoms in total. The first-order valence-electron chi connectivity index (χ1n) is 4.82. The highest BCUT2D eigenvalue weighted by Gasteiger charge is 2.03. The third kappa shape index (κ3) is 2.61. The molecule has 0 radical (unpaired) electrons. The van der Waals surface area contributed by atoms with E-state index in [9.17, 15) is 0 Å². The first-order chi connectivity index (χ1) is 7.65. The van der Waals surface area contributed by atoms with Crippen LogP contribution in [0.2, 0.25) is 0 Å². The Kier molecular flexibility index (Phi) is 3.24. The molecule has 0 amide bonds. The van der Waals surface area contributed by atoms with E-state index in [0.29, 0.717) is 12.5 Å². The lowest BCUT2D eigenvalue weighted by Crippen LogP contribution is -1.97. The molecule has 0 unspecified atom stereocenters. The van der Waals surface area contributed by atoms with Crippen molar-refractivity contribution in [2.75, 3.05) is 0 Å². The van der Waals surface area contributed by atoms with Crippen LogP contribution >= 0.6 is 15.9 Å². The number of hydrogen-bond donors (Lipinski definition) is 0. The summed E-state index contributed by atoms with van der Waals surface area (Å²) in [7, 11) is 0. The minimum absolute atomic E-state index is 0.366. The molecule has 0 N–H and O–H groups in total. The molecule has 84 valence electrons. The predicted octanol–water partition coefficient (Wildman–Crippen LogP) is 3.03. The van der Waals surface area contributed by atoms with E-state index in [1.165, 1.54) is 0 Å². The lowest BCUT2D eigenvalue weighted by Gasteiger charge is -2.04. The van der Waals surface area contributed by atoms with Gasteiger partial charge in [0.2, 0.25) is 5.88 Å². The largest absolute Gasteiger partial charge is 0.471 e. The van der Waals surface area contributed by atoms with Gasteiger partial charge in [-0.15, -0.1) is 0 Å². The lowest BCUT2D eigenvalue weighted by molar-refractivity contribution is 0.277. The topological polar surface area (TPSA) is 48.2 Å². The second kappa shape index (κ2) is 4.65. The van der Waals surface area contributed by atoms with Crippen LogP contribution in [0.4, 0.5) is 0 Å². The first-order valence-corrected chi connectivity index (χ1v) is 5.61. The third-order valence-corrected chi connectivity index (χ3v) is 2.90. The van der Waals surface area contributed by atoms with E-state index in [2.05, 4.69) is 26.1 Å². The molecule has 0 bridgehead atoms. The maximum absolute atomic E-state index is 5.49. The Morgan fingerprint density at radius 3 is 2.81 bits per heavy atom. The fourth-order valence-electron chi connectivity index (χ4n) is 1.23. The molecular formula is C11H11BrN2O2. The lowest BCUT2D eigenvalue weighted by atomic mass is 10.3. The molecule has 0 atom stereocenters. The van der Waals surface area contributed by atoms with Crippen LogP contribution in [0.25, 0.3) is 0 Å². The molecule has 5 heteroatoms. The van der Waals surface area contributed by atoms with Crippen molar-refractivity contribution in [3.63, 3.8) is 0 Å². The van der Waals surface area contributed by atoms with E-state index >= 15 is 0 Å². The summed E-state index contributed by atoms with van der Waals surface area (Å²) in [4.78, 5) is 4.13. The van der Waals surface area contributed by atoms with Crippen LogP contribution in [-0.4, -0.2) is 10.1 Å². The van der Waals surface area contributed by atoms with Gasteiger partial charge in [0.15, 0.2) is 0 Å². The smallest absolute Gasteiger partial charge is 0.213 e. The summed E-state index contributed by atoms with van der Waals surface area (Å²) in [6.45, 7) is 4.20. The van der Waals surface area contributed by atoms with Gasteiger partial charge in [-0.25, -0.2) is 4.98 Å². The third-order valence-electron chi connectivity index (χ3n) is 2.07. The Hall–Kier alpha value is -1.36. The summed E-state index contributed by atoms with van der Waals surface area (Å²) in [6.07, 6.45) is 1.72. The van der Waals surface area contributed by atoms with Crippen LogP contribution in [0.3, 0.4) is 0 Å². The van der Waals surface area contributed by atoms with Gasteiger partial charge in [0.05, 0.1) is 0 Å². The van der Waals surface area contributed by atoms with Crippen LogP contribution in [-0.2, 0) is 6.61 Å². The van der Waals surface area contributed by atoms with Crippen molar-refractivity contribution in [3.8, 4) is 5.88 Å². The Labute approximate surface area is 102 Å². The minimum Gasteiger partial charge on any atom is -0.471 e.